The molecule has 0 spiro atoms. The van der Waals surface area contributed by atoms with Gasteiger partial charge in [0.2, 0.25) is 5.95 Å². The number of hydrogen-bond acceptors (Lipinski definition) is 11. The topological polar surface area (TPSA) is 111 Å². The Morgan fingerprint density at radius 3 is 2.49 bits per heavy atom. The first-order valence-corrected chi connectivity index (χ1v) is 17.0. The second kappa shape index (κ2) is 13.8. The molecule has 10 nitrogen and oxygen atoms in total. The molecule has 0 amide bonds. The number of carbonyl (C=O) groups is 3. The number of allylic oxidation sites excluding steroid dienone is 1. The molecule has 0 radical (unpaired) electrons. The molecule has 244 valence electrons. The fourth-order valence-electron chi connectivity index (χ4n) is 8.08. The second-order valence-electron chi connectivity index (χ2n) is 13.1. The maximum atomic E-state index is 13.0. The monoisotopic (exact) mass is 656 g/mol. The smallest absolute Gasteiger partial charge is 0.335 e. The van der Waals surface area contributed by atoms with Gasteiger partial charge in [-0.25, -0.2) is 14.8 Å². The molecule has 12 heteroatoms. The van der Waals surface area contributed by atoms with Crippen LogP contribution in [0, 0.1) is 22.7 Å². The summed E-state index contributed by atoms with van der Waals surface area (Å²) in [5.41, 5.74) is 1.05. The number of rotatable bonds is 8. The summed E-state index contributed by atoms with van der Waals surface area (Å²) in [7, 11) is 0. The Balaban J connectivity index is 1.36. The number of esters is 3. The van der Waals surface area contributed by atoms with E-state index in [1.54, 1.807) is 24.2 Å². The van der Waals surface area contributed by atoms with Crippen LogP contribution in [0.25, 0.3) is 0 Å². The highest BCUT2D eigenvalue weighted by molar-refractivity contribution is 8.23. The van der Waals surface area contributed by atoms with Gasteiger partial charge in [0, 0.05) is 63.1 Å². The van der Waals surface area contributed by atoms with Gasteiger partial charge in [0.1, 0.15) is 23.6 Å². The Hall–Kier alpha value is -2.99. The summed E-state index contributed by atoms with van der Waals surface area (Å²) in [6.45, 7) is 15.2. The SMILES string of the molecule is C=C1CC[C@@H]2[C@](C)(COC(C)=O)[C@H](OC(C)=O)CC[C@@]2(C)[C@@H]1C[C@H](SC(=S)N1CCN(c2ncccn2)CC1)C1=CCOC1=O. The normalized spacial score (nSPS) is 30.6. The molecule has 1 aromatic rings. The lowest BCUT2D eigenvalue weighted by Crippen LogP contribution is -2.59. The lowest BCUT2D eigenvalue weighted by Gasteiger charge is -2.60. The number of piperazine rings is 1. The van der Waals surface area contributed by atoms with E-state index >= 15 is 0 Å². The number of anilines is 1. The van der Waals surface area contributed by atoms with Crippen LogP contribution in [0.5, 0.6) is 0 Å². The number of aromatic nitrogens is 2. The zero-order valence-electron chi connectivity index (χ0n) is 26.7. The maximum Gasteiger partial charge on any atom is 0.335 e. The third-order valence-corrected chi connectivity index (χ3v) is 12.1. The Kier molecular flexibility index (Phi) is 10.2. The van der Waals surface area contributed by atoms with Crippen LogP contribution in [0.15, 0.2) is 42.3 Å². The number of ether oxygens (including phenoxy) is 3. The first-order chi connectivity index (χ1) is 21.4. The molecule has 2 aliphatic carbocycles. The molecule has 0 aromatic carbocycles. The van der Waals surface area contributed by atoms with Crippen molar-refractivity contribution < 1.29 is 28.6 Å². The van der Waals surface area contributed by atoms with Crippen molar-refractivity contribution in [2.45, 2.75) is 71.2 Å². The van der Waals surface area contributed by atoms with Crippen LogP contribution in [0.3, 0.4) is 0 Å². The van der Waals surface area contributed by atoms with Gasteiger partial charge in [0.15, 0.2) is 0 Å². The molecule has 2 aliphatic heterocycles. The number of fused-ring (bicyclic) bond motifs is 1. The number of cyclic esters (lactones) is 1. The summed E-state index contributed by atoms with van der Waals surface area (Å²) >= 11 is 7.58. The molecule has 1 saturated heterocycles. The van der Waals surface area contributed by atoms with Crippen LogP contribution in [0.2, 0.25) is 0 Å². The minimum atomic E-state index is -0.561. The van der Waals surface area contributed by atoms with Gasteiger partial charge in [-0.3, -0.25) is 9.59 Å². The van der Waals surface area contributed by atoms with Crippen molar-refractivity contribution in [1.82, 2.24) is 14.9 Å². The molecular weight excluding hydrogens is 613 g/mol. The summed E-state index contributed by atoms with van der Waals surface area (Å²) < 4.78 is 17.6. The number of carbonyl (C=O) groups excluding carboxylic acids is 3. The Morgan fingerprint density at radius 2 is 1.87 bits per heavy atom. The highest BCUT2D eigenvalue weighted by atomic mass is 32.2. The van der Waals surface area contributed by atoms with Gasteiger partial charge < -0.3 is 24.0 Å². The average molecular weight is 657 g/mol. The Labute approximate surface area is 275 Å². The maximum absolute atomic E-state index is 13.0. The van der Waals surface area contributed by atoms with Crippen molar-refractivity contribution in [2.75, 3.05) is 44.3 Å². The van der Waals surface area contributed by atoms with Crippen molar-refractivity contribution >= 4 is 52.2 Å². The molecular formula is C33H44N4O6S2. The van der Waals surface area contributed by atoms with E-state index in [1.165, 1.54) is 13.8 Å². The van der Waals surface area contributed by atoms with Crippen molar-refractivity contribution in [3.63, 3.8) is 0 Å². The molecule has 3 heterocycles. The molecule has 5 rings (SSSR count). The van der Waals surface area contributed by atoms with E-state index in [9.17, 15) is 14.4 Å². The van der Waals surface area contributed by atoms with E-state index in [2.05, 4.69) is 40.2 Å². The van der Waals surface area contributed by atoms with Crippen molar-refractivity contribution in [2.24, 2.45) is 22.7 Å². The van der Waals surface area contributed by atoms with Gasteiger partial charge >= 0.3 is 17.9 Å². The van der Waals surface area contributed by atoms with Crippen molar-refractivity contribution in [3.05, 3.63) is 42.3 Å². The molecule has 0 unspecified atom stereocenters. The van der Waals surface area contributed by atoms with Gasteiger partial charge in [0.05, 0.1) is 5.57 Å². The third-order valence-electron chi connectivity index (χ3n) is 10.4. The van der Waals surface area contributed by atoms with Gasteiger partial charge in [-0.15, -0.1) is 0 Å². The number of hydrogen-bond donors (Lipinski definition) is 0. The van der Waals surface area contributed by atoms with Crippen molar-refractivity contribution in [3.8, 4) is 0 Å². The lowest BCUT2D eigenvalue weighted by atomic mass is 9.46. The summed E-state index contributed by atoms with van der Waals surface area (Å²) in [5.74, 6) is -0.0713. The molecule has 6 atom stereocenters. The van der Waals surface area contributed by atoms with Crippen LogP contribution < -0.4 is 4.90 Å². The second-order valence-corrected chi connectivity index (χ2v) is 15.0. The zero-order valence-corrected chi connectivity index (χ0v) is 28.3. The van der Waals surface area contributed by atoms with Crippen LogP contribution in [0.4, 0.5) is 5.95 Å². The standard InChI is InChI=1S/C33H44N4O6S2/c1-21-7-8-27-32(4,11-9-28(43-23(3)39)33(27,5)20-42-22(2)38)25(21)19-26(24-10-18-41-29(24)40)45-31(44)37-16-14-36(15-17-37)30-34-12-6-13-35-30/h6,10,12-13,25-28H,1,7-9,11,14-20H2,2-5H3/t25-,26+,27+,28-,32+,33+/m1/s1. The molecule has 3 fully saturated rings. The fourth-order valence-corrected chi connectivity index (χ4v) is 9.79. The molecule has 4 aliphatic rings. The molecule has 0 N–H and O–H groups in total. The van der Waals surface area contributed by atoms with E-state index in [4.69, 9.17) is 26.4 Å². The Bertz CT molecular complexity index is 1350. The third kappa shape index (κ3) is 7.06. The number of thioether (sulfide) groups is 1. The van der Waals surface area contributed by atoms with Crippen LogP contribution >= 0.6 is 24.0 Å². The molecule has 0 bridgehead atoms. The fraction of sp³-hybridized carbons (Fsp3) is 0.636. The first-order valence-electron chi connectivity index (χ1n) is 15.8. The highest BCUT2D eigenvalue weighted by Crippen LogP contribution is 2.63. The average Bonchev–Trinajstić information content (AvgIpc) is 3.45. The first kappa shape index (κ1) is 33.4. The van der Waals surface area contributed by atoms with E-state index in [0.29, 0.717) is 18.4 Å². The van der Waals surface area contributed by atoms with E-state index < -0.39 is 5.41 Å². The molecule has 2 saturated carbocycles. The predicted molar refractivity (Wildman–Crippen MR) is 176 cm³/mol. The van der Waals surface area contributed by atoms with Crippen molar-refractivity contribution in [1.29, 1.82) is 0 Å². The summed E-state index contributed by atoms with van der Waals surface area (Å²) in [4.78, 5) is 50.1. The zero-order chi connectivity index (χ0) is 32.4. The molecule has 45 heavy (non-hydrogen) atoms. The largest absolute Gasteiger partial charge is 0.465 e. The van der Waals surface area contributed by atoms with E-state index in [0.717, 1.165) is 61.3 Å². The minimum absolute atomic E-state index is 0.0767. The quantitative estimate of drug-likeness (QED) is 0.167. The van der Waals surface area contributed by atoms with Gasteiger partial charge in [0.25, 0.3) is 0 Å². The van der Waals surface area contributed by atoms with Gasteiger partial charge in [-0.05, 0) is 61.5 Å². The highest BCUT2D eigenvalue weighted by Gasteiger charge is 2.60. The number of thiocarbonyl (C=S) groups is 1. The van der Waals surface area contributed by atoms with E-state index in [1.807, 2.05) is 12.1 Å². The number of nitrogens with zero attached hydrogens (tertiary/aromatic N) is 4. The van der Waals surface area contributed by atoms with Crippen LogP contribution in [-0.2, 0) is 28.6 Å². The van der Waals surface area contributed by atoms with Gasteiger partial charge in [-0.2, -0.15) is 0 Å². The molecule has 1 aromatic heterocycles. The minimum Gasteiger partial charge on any atom is -0.465 e. The summed E-state index contributed by atoms with van der Waals surface area (Å²) in [6, 6.07) is 1.81. The predicted octanol–water partition coefficient (Wildman–Crippen LogP) is 4.74. The van der Waals surface area contributed by atoms with E-state index in [-0.39, 0.29) is 59.7 Å². The Morgan fingerprint density at radius 1 is 1.16 bits per heavy atom. The van der Waals surface area contributed by atoms with Crippen LogP contribution in [-0.4, -0.2) is 87.8 Å². The van der Waals surface area contributed by atoms with Crippen LogP contribution in [0.1, 0.15) is 59.8 Å². The lowest BCUT2D eigenvalue weighted by molar-refractivity contribution is -0.191. The van der Waals surface area contributed by atoms with Gasteiger partial charge in [-0.1, -0.05) is 50.0 Å². The summed E-state index contributed by atoms with van der Waals surface area (Å²) in [5, 5.41) is -0.203. The summed E-state index contributed by atoms with van der Waals surface area (Å²) in [6.07, 6.45) is 8.86.